The van der Waals surface area contributed by atoms with Crippen molar-refractivity contribution in [2.45, 2.75) is 38.5 Å². The zero-order valence-electron chi connectivity index (χ0n) is 20.1. The Balaban J connectivity index is 1.96. The maximum atomic E-state index is 12.8. The number of cyclic esters (lactones) is 1. The van der Waals surface area contributed by atoms with Gasteiger partial charge < -0.3 is 19.3 Å². The van der Waals surface area contributed by atoms with Crippen molar-refractivity contribution in [3.05, 3.63) is 52.2 Å². The molecular weight excluding hydrogens is 527 g/mol. The van der Waals surface area contributed by atoms with Gasteiger partial charge in [-0.1, -0.05) is 29.8 Å². The number of fused-ring (bicyclic) bond motifs is 1. The normalized spacial score (nSPS) is 18.7. The number of ether oxygens (including phenoxy) is 1. The number of phosphoric ester groups is 1. The second kappa shape index (κ2) is 13.6. The van der Waals surface area contributed by atoms with Crippen LogP contribution in [0.1, 0.15) is 54.4 Å². The number of carbonyl (C=O) groups is 2. The Morgan fingerprint density at radius 3 is 2.57 bits per heavy atom. The van der Waals surface area contributed by atoms with Crippen LogP contribution < -0.4 is 10.0 Å². The minimum atomic E-state index is -5.04. The highest BCUT2D eigenvalue weighted by Gasteiger charge is 2.27. The lowest BCUT2D eigenvalue weighted by Gasteiger charge is -2.26. The number of hydroxylamine groups is 1. The van der Waals surface area contributed by atoms with Crippen molar-refractivity contribution in [2.75, 3.05) is 26.3 Å². The van der Waals surface area contributed by atoms with Crippen molar-refractivity contribution < 1.29 is 43.1 Å². The Morgan fingerprint density at radius 1 is 1.14 bits per heavy atom. The third-order valence-corrected chi connectivity index (χ3v) is 6.37. The minimum absolute atomic E-state index is 0.0406. The molecule has 0 saturated carbocycles. The zero-order chi connectivity index (χ0) is 26.8. The summed E-state index contributed by atoms with van der Waals surface area (Å²) in [5.74, 6) is -2.27. The van der Waals surface area contributed by atoms with Crippen molar-refractivity contribution in [3.63, 3.8) is 0 Å². The molecule has 202 valence electrons. The number of esters is 1. The number of amides is 1. The van der Waals surface area contributed by atoms with Gasteiger partial charge in [0.15, 0.2) is 12.4 Å². The summed E-state index contributed by atoms with van der Waals surface area (Å²) in [6, 6.07) is 0.828. The SMILES string of the molecule is O=C1OCCC=CCCC=C/C(NOCC(=O)N2CCCCC2)=C/c2c(Cl)c(OP(=O)(O)O)cc(O)c21. The molecule has 2 heterocycles. The van der Waals surface area contributed by atoms with E-state index >= 15 is 0 Å². The molecule has 0 radical (unpaired) electrons. The Hall–Kier alpha value is -2.82. The minimum Gasteiger partial charge on any atom is -0.507 e. The smallest absolute Gasteiger partial charge is 0.507 e. The monoisotopic (exact) mass is 556 g/mol. The van der Waals surface area contributed by atoms with Crippen LogP contribution in [0.4, 0.5) is 0 Å². The lowest BCUT2D eigenvalue weighted by atomic mass is 10.0. The number of hydrogen-bond acceptors (Lipinski definition) is 8. The maximum Gasteiger partial charge on any atom is 0.524 e. The number of nitrogens with one attached hydrogen (secondary N) is 1. The molecule has 0 atom stereocenters. The van der Waals surface area contributed by atoms with E-state index in [1.807, 2.05) is 18.2 Å². The van der Waals surface area contributed by atoms with Gasteiger partial charge in [0.1, 0.15) is 11.3 Å². The van der Waals surface area contributed by atoms with E-state index in [0.717, 1.165) is 31.7 Å². The first-order valence-corrected chi connectivity index (χ1v) is 13.7. The van der Waals surface area contributed by atoms with Gasteiger partial charge in [-0.25, -0.2) is 9.36 Å². The number of rotatable bonds is 6. The number of halogens is 1. The molecule has 1 aromatic rings. The van der Waals surface area contributed by atoms with Gasteiger partial charge in [-0.3, -0.25) is 24.9 Å². The number of benzene rings is 1. The fourth-order valence-corrected chi connectivity index (χ4v) is 4.49. The summed E-state index contributed by atoms with van der Waals surface area (Å²) in [5.41, 5.74) is 2.45. The highest BCUT2D eigenvalue weighted by Crippen LogP contribution is 2.45. The molecule has 11 nitrogen and oxygen atoms in total. The molecule has 1 amide bonds. The second-order valence-electron chi connectivity index (χ2n) is 8.39. The number of phosphoric acid groups is 1. The molecule has 1 fully saturated rings. The van der Waals surface area contributed by atoms with Crippen LogP contribution in [0, 0.1) is 0 Å². The van der Waals surface area contributed by atoms with Gasteiger partial charge >= 0.3 is 13.8 Å². The molecule has 0 aliphatic carbocycles. The molecule has 37 heavy (non-hydrogen) atoms. The lowest BCUT2D eigenvalue weighted by Crippen LogP contribution is -2.39. The molecule has 2 aliphatic rings. The van der Waals surface area contributed by atoms with E-state index in [1.165, 1.54) is 6.08 Å². The van der Waals surface area contributed by atoms with Gasteiger partial charge in [-0.15, -0.1) is 0 Å². The van der Waals surface area contributed by atoms with Crippen molar-refractivity contribution in [1.82, 2.24) is 10.4 Å². The van der Waals surface area contributed by atoms with Crippen LogP contribution >= 0.6 is 19.4 Å². The molecule has 0 aromatic heterocycles. The molecule has 1 aromatic carbocycles. The molecule has 13 heteroatoms. The number of allylic oxidation sites excluding steroid dienone is 3. The molecule has 3 rings (SSSR count). The molecular formula is C24H30ClN2O9P. The van der Waals surface area contributed by atoms with Gasteiger partial charge in [0.2, 0.25) is 0 Å². The van der Waals surface area contributed by atoms with Crippen LogP contribution in [0.5, 0.6) is 11.5 Å². The van der Waals surface area contributed by atoms with Crippen LogP contribution in [0.3, 0.4) is 0 Å². The summed E-state index contributed by atoms with van der Waals surface area (Å²) in [5, 5.41) is 10.2. The Morgan fingerprint density at radius 2 is 1.84 bits per heavy atom. The first kappa shape index (κ1) is 28.7. The standard InChI is InChI=1S/C24H30ClN2O9P/c25-23-18-14-17(26-35-16-21(29)27-11-7-5-8-12-27)10-6-3-1-2-4-9-13-34-24(30)22(18)19(28)15-20(23)36-37(31,32)33/h2,4,6,10,14-15,26,28H,1,3,5,7-9,11-13,16H2,(H2,31,32,33)/b4-2?,10-6?,17-14-. The molecule has 1 saturated heterocycles. The van der Waals surface area contributed by atoms with Crippen molar-refractivity contribution >= 4 is 37.4 Å². The van der Waals surface area contributed by atoms with E-state index in [4.69, 9.17) is 21.2 Å². The zero-order valence-corrected chi connectivity index (χ0v) is 21.7. The number of phenols is 1. The largest absolute Gasteiger partial charge is 0.524 e. The fourth-order valence-electron chi connectivity index (χ4n) is 3.80. The van der Waals surface area contributed by atoms with Gasteiger partial charge in [0, 0.05) is 24.7 Å². The van der Waals surface area contributed by atoms with Crippen LogP contribution in [-0.2, 0) is 18.9 Å². The summed E-state index contributed by atoms with van der Waals surface area (Å²) in [4.78, 5) is 50.9. The number of likely N-dealkylation sites (tertiary alicyclic amines) is 1. The maximum absolute atomic E-state index is 12.8. The first-order valence-electron chi connectivity index (χ1n) is 11.8. The second-order valence-corrected chi connectivity index (χ2v) is 9.93. The van der Waals surface area contributed by atoms with E-state index in [1.54, 1.807) is 11.0 Å². The van der Waals surface area contributed by atoms with Crippen LogP contribution in [0.25, 0.3) is 6.08 Å². The Labute approximate surface area is 219 Å². The summed E-state index contributed by atoms with van der Waals surface area (Å²) in [6.45, 7) is 1.14. The van der Waals surface area contributed by atoms with E-state index in [9.17, 15) is 29.0 Å². The molecule has 2 aliphatic heterocycles. The number of nitrogens with zero attached hydrogens (tertiary/aromatic N) is 1. The van der Waals surface area contributed by atoms with E-state index < -0.39 is 25.3 Å². The topological polar surface area (TPSA) is 155 Å². The summed E-state index contributed by atoms with van der Waals surface area (Å²) < 4.78 is 21.3. The summed E-state index contributed by atoms with van der Waals surface area (Å²) in [6.07, 6.45) is 13.4. The molecule has 4 N–H and O–H groups in total. The number of aromatic hydroxyl groups is 1. The summed E-state index contributed by atoms with van der Waals surface area (Å²) >= 11 is 6.38. The average Bonchev–Trinajstić information content (AvgIpc) is 2.84. The number of carbonyl (C=O) groups excluding carboxylic acids is 2. The van der Waals surface area contributed by atoms with Gasteiger partial charge in [0.25, 0.3) is 5.91 Å². The average molecular weight is 557 g/mol. The van der Waals surface area contributed by atoms with Crippen molar-refractivity contribution in [1.29, 1.82) is 0 Å². The number of phenolic OH excluding ortho intramolecular Hbond substituents is 1. The lowest BCUT2D eigenvalue weighted by molar-refractivity contribution is -0.139. The molecule has 0 unspecified atom stereocenters. The Kier molecular flexibility index (Phi) is 10.6. The van der Waals surface area contributed by atoms with Crippen LogP contribution in [-0.4, -0.2) is 58.0 Å². The van der Waals surface area contributed by atoms with Crippen LogP contribution in [0.15, 0.2) is 36.1 Å². The van der Waals surface area contributed by atoms with E-state index in [-0.39, 0.29) is 41.0 Å². The van der Waals surface area contributed by atoms with E-state index in [0.29, 0.717) is 25.9 Å². The quantitative estimate of drug-likeness (QED) is 0.176. The van der Waals surface area contributed by atoms with Gasteiger partial charge in [-0.2, -0.15) is 0 Å². The third-order valence-electron chi connectivity index (χ3n) is 5.54. The van der Waals surface area contributed by atoms with E-state index in [2.05, 4.69) is 10.0 Å². The fraction of sp³-hybridized carbons (Fsp3) is 0.417. The Bertz CT molecular complexity index is 1120. The predicted molar refractivity (Wildman–Crippen MR) is 136 cm³/mol. The summed E-state index contributed by atoms with van der Waals surface area (Å²) in [7, 11) is -5.04. The highest BCUT2D eigenvalue weighted by atomic mass is 35.5. The highest BCUT2D eigenvalue weighted by molar-refractivity contribution is 7.46. The van der Waals surface area contributed by atoms with Crippen molar-refractivity contribution in [2.24, 2.45) is 0 Å². The number of piperidine rings is 1. The third kappa shape index (κ3) is 8.91. The molecule has 0 spiro atoms. The van der Waals surface area contributed by atoms with Crippen molar-refractivity contribution in [3.8, 4) is 11.5 Å². The number of hydrogen-bond donors (Lipinski definition) is 4. The van der Waals surface area contributed by atoms with Gasteiger partial charge in [-0.05, 0) is 50.7 Å². The molecule has 0 bridgehead atoms. The van der Waals surface area contributed by atoms with Crippen LogP contribution in [0.2, 0.25) is 5.02 Å². The predicted octanol–water partition coefficient (Wildman–Crippen LogP) is 3.84. The first-order chi connectivity index (χ1) is 17.7. The van der Waals surface area contributed by atoms with Gasteiger partial charge in [0.05, 0.1) is 17.3 Å².